The molecule has 2 aromatic rings. The third kappa shape index (κ3) is 3.80. The van der Waals surface area contributed by atoms with E-state index < -0.39 is 0 Å². The third-order valence-electron chi connectivity index (χ3n) is 3.83. The van der Waals surface area contributed by atoms with Crippen molar-refractivity contribution in [3.63, 3.8) is 0 Å². The van der Waals surface area contributed by atoms with Gasteiger partial charge in [-0.15, -0.1) is 0 Å². The van der Waals surface area contributed by atoms with Crippen LogP contribution in [0.5, 0.6) is 0 Å². The molecule has 22 heavy (non-hydrogen) atoms. The predicted molar refractivity (Wildman–Crippen MR) is 91.3 cm³/mol. The van der Waals surface area contributed by atoms with E-state index in [1.54, 1.807) is 0 Å². The fraction of sp³-hybridized carbons (Fsp3) is 0.278. The van der Waals surface area contributed by atoms with Gasteiger partial charge in [0.2, 0.25) is 5.91 Å². The molecule has 1 aliphatic rings. The minimum atomic E-state index is 0.128. The summed E-state index contributed by atoms with van der Waals surface area (Å²) in [5.74, 6) is 0.340. The van der Waals surface area contributed by atoms with Crippen LogP contribution in [-0.4, -0.2) is 5.91 Å². The number of halogens is 1. The maximum atomic E-state index is 11.8. The molecule has 0 saturated heterocycles. The van der Waals surface area contributed by atoms with Crippen molar-refractivity contribution in [2.75, 3.05) is 10.6 Å². The van der Waals surface area contributed by atoms with Crippen LogP contribution >= 0.6 is 11.6 Å². The Bertz CT molecular complexity index is 665. The van der Waals surface area contributed by atoms with Crippen LogP contribution in [-0.2, 0) is 4.79 Å². The van der Waals surface area contributed by atoms with Gasteiger partial charge < -0.3 is 10.6 Å². The van der Waals surface area contributed by atoms with Crippen molar-refractivity contribution in [1.82, 2.24) is 0 Å². The van der Waals surface area contributed by atoms with E-state index in [-0.39, 0.29) is 17.9 Å². The number of rotatable bonds is 5. The van der Waals surface area contributed by atoms with Gasteiger partial charge in [0.05, 0.1) is 0 Å². The van der Waals surface area contributed by atoms with Crippen LogP contribution in [0, 0.1) is 5.92 Å². The third-order valence-corrected chi connectivity index (χ3v) is 4.08. The molecule has 1 unspecified atom stereocenters. The first-order chi connectivity index (χ1) is 10.6. The summed E-state index contributed by atoms with van der Waals surface area (Å²) in [6.45, 7) is 2.10. The SMILES string of the molecule is CC(Nc1cccc(NC(=O)C2CC2)c1)c1ccc(Cl)cc1. The van der Waals surface area contributed by atoms with E-state index in [4.69, 9.17) is 11.6 Å². The molecule has 1 atom stereocenters. The molecule has 0 bridgehead atoms. The number of hydrogen-bond acceptors (Lipinski definition) is 2. The molecule has 114 valence electrons. The molecule has 0 spiro atoms. The zero-order valence-corrected chi connectivity index (χ0v) is 13.2. The van der Waals surface area contributed by atoms with Crippen molar-refractivity contribution >= 4 is 28.9 Å². The molecule has 0 heterocycles. The lowest BCUT2D eigenvalue weighted by molar-refractivity contribution is -0.117. The predicted octanol–water partition coefficient (Wildman–Crippen LogP) is 4.86. The average Bonchev–Trinajstić information content (AvgIpc) is 3.33. The highest BCUT2D eigenvalue weighted by Gasteiger charge is 2.29. The Morgan fingerprint density at radius 3 is 2.50 bits per heavy atom. The van der Waals surface area contributed by atoms with E-state index >= 15 is 0 Å². The minimum Gasteiger partial charge on any atom is -0.378 e. The van der Waals surface area contributed by atoms with Gasteiger partial charge in [0.1, 0.15) is 0 Å². The summed E-state index contributed by atoms with van der Waals surface area (Å²) in [5.41, 5.74) is 2.98. The standard InChI is InChI=1S/C18H19ClN2O/c1-12(13-7-9-15(19)10-8-13)20-16-3-2-4-17(11-16)21-18(22)14-5-6-14/h2-4,7-12,14,20H,5-6H2,1H3,(H,21,22). The van der Waals surface area contributed by atoms with Gasteiger partial charge in [0.25, 0.3) is 0 Å². The summed E-state index contributed by atoms with van der Waals surface area (Å²) in [4.78, 5) is 11.8. The van der Waals surface area contributed by atoms with Crippen LogP contribution in [0.3, 0.4) is 0 Å². The molecule has 0 aromatic heterocycles. The highest BCUT2D eigenvalue weighted by Crippen LogP contribution is 2.30. The van der Waals surface area contributed by atoms with E-state index in [0.717, 1.165) is 34.8 Å². The first kappa shape index (κ1) is 14.9. The fourth-order valence-electron chi connectivity index (χ4n) is 2.36. The summed E-state index contributed by atoms with van der Waals surface area (Å²) < 4.78 is 0. The minimum absolute atomic E-state index is 0.128. The van der Waals surface area contributed by atoms with Gasteiger partial charge in [0, 0.05) is 28.4 Å². The summed E-state index contributed by atoms with van der Waals surface area (Å²) >= 11 is 5.92. The highest BCUT2D eigenvalue weighted by molar-refractivity contribution is 6.30. The zero-order chi connectivity index (χ0) is 15.5. The molecule has 1 fully saturated rings. The van der Waals surface area contributed by atoms with Crippen molar-refractivity contribution in [2.45, 2.75) is 25.8 Å². The van der Waals surface area contributed by atoms with Gasteiger partial charge in [-0.1, -0.05) is 29.8 Å². The highest BCUT2D eigenvalue weighted by atomic mass is 35.5. The number of benzene rings is 2. The zero-order valence-electron chi connectivity index (χ0n) is 12.5. The van der Waals surface area contributed by atoms with Crippen LogP contribution in [0.15, 0.2) is 48.5 Å². The molecule has 4 heteroatoms. The van der Waals surface area contributed by atoms with E-state index in [2.05, 4.69) is 17.6 Å². The Kier molecular flexibility index (Phi) is 4.34. The molecule has 1 saturated carbocycles. The molecule has 2 N–H and O–H groups in total. The first-order valence-corrected chi connectivity index (χ1v) is 7.92. The summed E-state index contributed by atoms with van der Waals surface area (Å²) in [6, 6.07) is 15.8. The lowest BCUT2D eigenvalue weighted by Crippen LogP contribution is -2.13. The number of anilines is 2. The largest absolute Gasteiger partial charge is 0.378 e. The van der Waals surface area contributed by atoms with Gasteiger partial charge in [-0.25, -0.2) is 0 Å². The van der Waals surface area contributed by atoms with Crippen molar-refractivity contribution < 1.29 is 4.79 Å². The summed E-state index contributed by atoms with van der Waals surface area (Å²) in [5, 5.41) is 7.15. The maximum Gasteiger partial charge on any atom is 0.227 e. The second-order valence-corrected chi connectivity index (χ2v) is 6.20. The average molecular weight is 315 g/mol. The topological polar surface area (TPSA) is 41.1 Å². The van der Waals surface area contributed by atoms with Gasteiger partial charge >= 0.3 is 0 Å². The van der Waals surface area contributed by atoms with Crippen molar-refractivity contribution in [3.05, 3.63) is 59.1 Å². The fourth-order valence-corrected chi connectivity index (χ4v) is 2.49. The Labute approximate surface area is 135 Å². The van der Waals surface area contributed by atoms with Crippen LogP contribution < -0.4 is 10.6 Å². The molecule has 1 aliphatic carbocycles. The van der Waals surface area contributed by atoms with Crippen LogP contribution in [0.1, 0.15) is 31.4 Å². The Balaban J connectivity index is 1.66. The molecule has 3 rings (SSSR count). The summed E-state index contributed by atoms with van der Waals surface area (Å²) in [6.07, 6.45) is 2.02. The van der Waals surface area contributed by atoms with Crippen molar-refractivity contribution in [2.24, 2.45) is 5.92 Å². The monoisotopic (exact) mass is 314 g/mol. The smallest absolute Gasteiger partial charge is 0.227 e. The molecule has 1 amide bonds. The Hall–Kier alpha value is -2.00. The Morgan fingerprint density at radius 2 is 1.82 bits per heavy atom. The maximum absolute atomic E-state index is 11.8. The number of carbonyl (C=O) groups excluding carboxylic acids is 1. The normalized spacial score (nSPS) is 15.2. The van der Waals surface area contributed by atoms with Gasteiger partial charge in [-0.2, -0.15) is 0 Å². The number of amides is 1. The van der Waals surface area contributed by atoms with Gasteiger partial charge in [-0.3, -0.25) is 4.79 Å². The molecular weight excluding hydrogens is 296 g/mol. The molecule has 0 aliphatic heterocycles. The Morgan fingerprint density at radius 1 is 1.14 bits per heavy atom. The second kappa shape index (κ2) is 6.41. The number of nitrogens with one attached hydrogen (secondary N) is 2. The molecule has 0 radical (unpaired) electrons. The van der Waals surface area contributed by atoms with Gasteiger partial charge in [0.15, 0.2) is 0 Å². The van der Waals surface area contributed by atoms with E-state index in [0.29, 0.717) is 0 Å². The number of hydrogen-bond donors (Lipinski definition) is 2. The van der Waals surface area contributed by atoms with Crippen LogP contribution in [0.25, 0.3) is 0 Å². The van der Waals surface area contributed by atoms with E-state index in [9.17, 15) is 4.79 Å². The molecular formula is C18H19ClN2O. The van der Waals surface area contributed by atoms with Crippen LogP contribution in [0.2, 0.25) is 5.02 Å². The molecule has 3 nitrogen and oxygen atoms in total. The van der Waals surface area contributed by atoms with E-state index in [1.165, 1.54) is 0 Å². The first-order valence-electron chi connectivity index (χ1n) is 7.55. The quantitative estimate of drug-likeness (QED) is 0.827. The lowest BCUT2D eigenvalue weighted by atomic mass is 10.1. The second-order valence-electron chi connectivity index (χ2n) is 5.76. The molecule has 2 aromatic carbocycles. The van der Waals surface area contributed by atoms with E-state index in [1.807, 2.05) is 48.5 Å². The van der Waals surface area contributed by atoms with Crippen LogP contribution in [0.4, 0.5) is 11.4 Å². The lowest BCUT2D eigenvalue weighted by Gasteiger charge is -2.16. The van der Waals surface area contributed by atoms with Crippen molar-refractivity contribution in [1.29, 1.82) is 0 Å². The number of carbonyl (C=O) groups is 1. The summed E-state index contributed by atoms with van der Waals surface area (Å²) in [7, 11) is 0. The van der Waals surface area contributed by atoms with Gasteiger partial charge in [-0.05, 0) is 55.7 Å². The van der Waals surface area contributed by atoms with Crippen molar-refractivity contribution in [3.8, 4) is 0 Å².